The van der Waals surface area contributed by atoms with Gasteiger partial charge in [0.25, 0.3) is 10.0 Å². The number of aromatic nitrogens is 4. The molecule has 3 aromatic heterocycles. The van der Waals surface area contributed by atoms with Crippen LogP contribution in [0.3, 0.4) is 0 Å². The van der Waals surface area contributed by atoms with Crippen molar-refractivity contribution >= 4 is 44.1 Å². The Labute approximate surface area is 209 Å². The first-order valence-electron chi connectivity index (χ1n) is 11.4. The Hall–Kier alpha value is -4.09. The van der Waals surface area contributed by atoms with Crippen LogP contribution in [0.1, 0.15) is 0 Å². The number of nitrogens with one attached hydrogen (secondary N) is 2. The van der Waals surface area contributed by atoms with E-state index < -0.39 is 10.0 Å². The van der Waals surface area contributed by atoms with Crippen molar-refractivity contribution < 1.29 is 8.42 Å². The van der Waals surface area contributed by atoms with Crippen molar-refractivity contribution in [1.82, 2.24) is 24.8 Å². The molecule has 0 radical (unpaired) electrons. The number of sulfonamides is 1. The maximum Gasteiger partial charge on any atom is 0.254 e. The second kappa shape index (κ2) is 9.88. The second-order valence-electron chi connectivity index (χ2n) is 8.50. The van der Waals surface area contributed by atoms with E-state index in [4.69, 9.17) is 4.98 Å². The van der Waals surface area contributed by atoms with Gasteiger partial charge in [0.05, 0.1) is 28.8 Å². The predicted molar refractivity (Wildman–Crippen MR) is 143 cm³/mol. The van der Waals surface area contributed by atoms with Gasteiger partial charge in [-0.1, -0.05) is 24.8 Å². The summed E-state index contributed by atoms with van der Waals surface area (Å²) in [5, 5.41) is 4.92. The van der Waals surface area contributed by atoms with E-state index in [1.807, 2.05) is 30.3 Å². The highest BCUT2D eigenvalue weighted by Crippen LogP contribution is 2.28. The highest BCUT2D eigenvalue weighted by Gasteiger charge is 2.15. The van der Waals surface area contributed by atoms with Crippen LogP contribution in [0.2, 0.25) is 0 Å². The maximum absolute atomic E-state index is 11.9. The highest BCUT2D eigenvalue weighted by atomic mass is 32.2. The highest BCUT2D eigenvalue weighted by molar-refractivity contribution is 7.95. The number of para-hydroxylation sites is 1. The summed E-state index contributed by atoms with van der Waals surface area (Å²) in [7, 11) is -1.50. The van der Waals surface area contributed by atoms with Gasteiger partial charge in [-0.2, -0.15) is 0 Å². The maximum atomic E-state index is 11.9. The third kappa shape index (κ3) is 5.26. The van der Waals surface area contributed by atoms with Crippen LogP contribution in [0.25, 0.3) is 22.2 Å². The minimum absolute atomic E-state index is 0.385. The topological polar surface area (TPSA) is 116 Å². The first-order valence-corrected chi connectivity index (χ1v) is 13.0. The van der Waals surface area contributed by atoms with E-state index in [1.165, 1.54) is 0 Å². The van der Waals surface area contributed by atoms with E-state index in [9.17, 15) is 8.42 Å². The van der Waals surface area contributed by atoms with E-state index in [0.29, 0.717) is 22.8 Å². The molecule has 36 heavy (non-hydrogen) atoms. The molecule has 184 valence electrons. The SMILES string of the molecule is C=CS(=O)(=O)Nc1ccnc(-c2cccc3cnc(Nc4ccc(N5CCN(C)CC5)nc4)nc23)c1. The average molecular weight is 503 g/mol. The molecule has 1 aliphatic heterocycles. The molecular formula is C25H26N8O2S. The number of likely N-dealkylation sites (N-methyl/N-ethyl adjacent to an activating group) is 1. The monoisotopic (exact) mass is 502 g/mol. The smallest absolute Gasteiger partial charge is 0.254 e. The van der Waals surface area contributed by atoms with Gasteiger partial charge in [0.1, 0.15) is 5.82 Å². The average Bonchev–Trinajstić information content (AvgIpc) is 2.89. The number of fused-ring (bicyclic) bond motifs is 1. The van der Waals surface area contributed by atoms with E-state index in [1.54, 1.807) is 30.7 Å². The Kier molecular flexibility index (Phi) is 6.49. The van der Waals surface area contributed by atoms with Gasteiger partial charge in [0.15, 0.2) is 0 Å². The Morgan fingerprint density at radius 3 is 2.56 bits per heavy atom. The molecule has 0 amide bonds. The largest absolute Gasteiger partial charge is 0.354 e. The van der Waals surface area contributed by atoms with Crippen LogP contribution in [0.4, 0.5) is 23.1 Å². The fraction of sp³-hybridized carbons (Fsp3) is 0.200. The normalized spacial score (nSPS) is 14.5. The lowest BCUT2D eigenvalue weighted by Gasteiger charge is -2.33. The molecule has 10 nitrogen and oxygen atoms in total. The van der Waals surface area contributed by atoms with E-state index in [0.717, 1.165) is 54.0 Å². The molecule has 0 bridgehead atoms. The summed E-state index contributed by atoms with van der Waals surface area (Å²) >= 11 is 0. The summed E-state index contributed by atoms with van der Waals surface area (Å²) in [5.41, 5.74) is 3.18. The minimum Gasteiger partial charge on any atom is -0.354 e. The summed E-state index contributed by atoms with van der Waals surface area (Å²) in [5.74, 6) is 1.38. The number of pyridine rings is 2. The molecule has 4 aromatic rings. The quantitative estimate of drug-likeness (QED) is 0.392. The first kappa shape index (κ1) is 23.6. The Balaban J connectivity index is 1.40. The minimum atomic E-state index is -3.63. The van der Waals surface area contributed by atoms with Crippen LogP contribution < -0.4 is 14.9 Å². The van der Waals surface area contributed by atoms with Crippen LogP contribution in [-0.4, -0.2) is 66.5 Å². The number of rotatable bonds is 7. The van der Waals surface area contributed by atoms with Gasteiger partial charge < -0.3 is 15.1 Å². The summed E-state index contributed by atoms with van der Waals surface area (Å²) in [4.78, 5) is 22.8. The predicted octanol–water partition coefficient (Wildman–Crippen LogP) is 3.47. The molecule has 0 spiro atoms. The number of benzene rings is 1. The van der Waals surface area contributed by atoms with Crippen molar-refractivity contribution in [3.8, 4) is 11.3 Å². The van der Waals surface area contributed by atoms with Gasteiger partial charge in [-0.3, -0.25) is 9.71 Å². The van der Waals surface area contributed by atoms with Crippen molar-refractivity contribution in [2.24, 2.45) is 0 Å². The van der Waals surface area contributed by atoms with Crippen molar-refractivity contribution in [3.63, 3.8) is 0 Å². The van der Waals surface area contributed by atoms with Crippen LogP contribution in [0.5, 0.6) is 0 Å². The Morgan fingerprint density at radius 2 is 1.81 bits per heavy atom. The number of anilines is 4. The van der Waals surface area contributed by atoms with E-state index in [2.05, 4.69) is 48.4 Å². The van der Waals surface area contributed by atoms with Crippen LogP contribution in [0, 0.1) is 0 Å². The lowest BCUT2D eigenvalue weighted by atomic mass is 10.1. The van der Waals surface area contributed by atoms with Crippen molar-refractivity contribution in [1.29, 1.82) is 0 Å². The Bertz CT molecular complexity index is 1500. The zero-order valence-electron chi connectivity index (χ0n) is 19.8. The molecule has 2 N–H and O–H groups in total. The molecule has 0 aliphatic carbocycles. The zero-order valence-corrected chi connectivity index (χ0v) is 20.6. The Morgan fingerprint density at radius 1 is 0.972 bits per heavy atom. The summed E-state index contributed by atoms with van der Waals surface area (Å²) in [6, 6.07) is 12.9. The molecule has 4 heterocycles. The summed E-state index contributed by atoms with van der Waals surface area (Å²) in [6.45, 7) is 7.28. The molecule has 5 rings (SSSR count). The van der Waals surface area contributed by atoms with E-state index in [-0.39, 0.29) is 0 Å². The third-order valence-electron chi connectivity index (χ3n) is 5.96. The van der Waals surface area contributed by atoms with Crippen molar-refractivity contribution in [3.05, 3.63) is 73.0 Å². The van der Waals surface area contributed by atoms with E-state index >= 15 is 0 Å². The van der Waals surface area contributed by atoms with Crippen molar-refractivity contribution in [2.45, 2.75) is 0 Å². The lowest BCUT2D eigenvalue weighted by Crippen LogP contribution is -2.44. The summed E-state index contributed by atoms with van der Waals surface area (Å²) < 4.78 is 26.2. The standard InChI is InChI=1S/C25H26N8O2S/c1-3-36(34,35)31-19-9-10-26-22(15-19)21-6-4-5-18-16-28-25(30-24(18)21)29-20-7-8-23(27-17-20)33-13-11-32(2)12-14-33/h3-10,15-17H,1,11-14H2,2H3,(H,26,31)(H,28,29,30). The first-order chi connectivity index (χ1) is 17.4. The molecule has 1 aromatic carbocycles. The van der Waals surface area contributed by atoms with Crippen LogP contribution in [-0.2, 0) is 10.0 Å². The molecule has 1 saturated heterocycles. The molecule has 0 atom stereocenters. The number of nitrogens with zero attached hydrogens (tertiary/aromatic N) is 6. The van der Waals surface area contributed by atoms with Gasteiger partial charge in [-0.25, -0.2) is 23.4 Å². The molecule has 11 heteroatoms. The fourth-order valence-corrected chi connectivity index (χ4v) is 4.52. The van der Waals surface area contributed by atoms with Crippen molar-refractivity contribution in [2.75, 3.05) is 48.2 Å². The van der Waals surface area contributed by atoms with Crippen LogP contribution >= 0.6 is 0 Å². The van der Waals surface area contributed by atoms with Crippen LogP contribution in [0.15, 0.2) is 73.0 Å². The second-order valence-corrected chi connectivity index (χ2v) is 10.1. The summed E-state index contributed by atoms with van der Waals surface area (Å²) in [6.07, 6.45) is 5.07. The molecular weight excluding hydrogens is 476 g/mol. The number of piperazine rings is 1. The van der Waals surface area contributed by atoms with Gasteiger partial charge in [-0.05, 0) is 31.3 Å². The lowest BCUT2D eigenvalue weighted by molar-refractivity contribution is 0.312. The van der Waals surface area contributed by atoms with Gasteiger partial charge in [0.2, 0.25) is 5.95 Å². The fourth-order valence-electron chi connectivity index (χ4n) is 3.98. The van der Waals surface area contributed by atoms with Gasteiger partial charge in [-0.15, -0.1) is 0 Å². The molecule has 0 unspecified atom stereocenters. The zero-order chi connectivity index (χ0) is 25.1. The van der Waals surface area contributed by atoms with Gasteiger partial charge in [0, 0.05) is 54.9 Å². The third-order valence-corrected chi connectivity index (χ3v) is 6.92. The molecule has 1 fully saturated rings. The van der Waals surface area contributed by atoms with Gasteiger partial charge >= 0.3 is 0 Å². The molecule has 1 aliphatic rings. The molecule has 0 saturated carbocycles. The number of hydrogen-bond donors (Lipinski definition) is 2. The number of hydrogen-bond acceptors (Lipinski definition) is 9.